The van der Waals surface area contributed by atoms with Crippen LogP contribution in [0.5, 0.6) is 0 Å². The lowest BCUT2D eigenvalue weighted by Crippen LogP contribution is -2.43. The third kappa shape index (κ3) is 2.68. The molecule has 1 fully saturated rings. The number of para-hydroxylation sites is 2. The van der Waals surface area contributed by atoms with Crippen molar-refractivity contribution in [2.75, 3.05) is 18.0 Å². The summed E-state index contributed by atoms with van der Waals surface area (Å²) < 4.78 is 0. The van der Waals surface area contributed by atoms with Crippen molar-refractivity contribution in [1.82, 2.24) is 9.97 Å². The molecule has 2 heterocycles. The number of hydrogen-bond donors (Lipinski definition) is 1. The van der Waals surface area contributed by atoms with Crippen molar-refractivity contribution in [3.05, 3.63) is 30.0 Å². The molecule has 0 aliphatic carbocycles. The Balaban J connectivity index is 1.98. The molecule has 5 heteroatoms. The Morgan fingerprint density at radius 1 is 1.24 bits per heavy atom. The van der Waals surface area contributed by atoms with E-state index in [-0.39, 0.29) is 5.92 Å². The minimum Gasteiger partial charge on any atom is -0.481 e. The molecule has 2 aromatic rings. The van der Waals surface area contributed by atoms with E-state index in [1.807, 2.05) is 31.2 Å². The van der Waals surface area contributed by atoms with Crippen molar-refractivity contribution in [2.24, 2.45) is 11.8 Å². The predicted octanol–water partition coefficient (Wildman–Crippen LogP) is 2.49. The number of piperidine rings is 1. The lowest BCUT2D eigenvalue weighted by atomic mass is 9.90. The maximum absolute atomic E-state index is 11.3. The van der Waals surface area contributed by atoms with Gasteiger partial charge in [-0.1, -0.05) is 19.1 Å². The summed E-state index contributed by atoms with van der Waals surface area (Å²) in [5, 5.41) is 9.30. The van der Waals surface area contributed by atoms with E-state index in [0.29, 0.717) is 12.5 Å². The summed E-state index contributed by atoms with van der Waals surface area (Å²) >= 11 is 0. The Kier molecular flexibility index (Phi) is 3.49. The van der Waals surface area contributed by atoms with Crippen molar-refractivity contribution in [1.29, 1.82) is 0 Å². The van der Waals surface area contributed by atoms with Gasteiger partial charge < -0.3 is 10.0 Å². The van der Waals surface area contributed by atoms with E-state index in [4.69, 9.17) is 4.98 Å². The number of hydrogen-bond acceptors (Lipinski definition) is 4. The monoisotopic (exact) mass is 285 g/mol. The molecular weight excluding hydrogens is 266 g/mol. The highest BCUT2D eigenvalue weighted by Crippen LogP contribution is 2.28. The quantitative estimate of drug-likeness (QED) is 0.918. The fraction of sp³-hybridized carbons (Fsp3) is 0.438. The topological polar surface area (TPSA) is 66.3 Å². The van der Waals surface area contributed by atoms with Gasteiger partial charge >= 0.3 is 5.97 Å². The highest BCUT2D eigenvalue weighted by Gasteiger charge is 2.31. The fourth-order valence-electron chi connectivity index (χ4n) is 3.08. The summed E-state index contributed by atoms with van der Waals surface area (Å²) in [6.45, 7) is 5.36. The van der Waals surface area contributed by atoms with Crippen molar-refractivity contribution in [3.63, 3.8) is 0 Å². The number of aromatic nitrogens is 2. The maximum Gasteiger partial charge on any atom is 0.308 e. The maximum atomic E-state index is 11.3. The molecule has 1 aliphatic rings. The number of nitrogens with zero attached hydrogens (tertiary/aromatic N) is 3. The largest absolute Gasteiger partial charge is 0.481 e. The predicted molar refractivity (Wildman–Crippen MR) is 81.4 cm³/mol. The van der Waals surface area contributed by atoms with E-state index in [9.17, 15) is 9.90 Å². The van der Waals surface area contributed by atoms with Gasteiger partial charge in [-0.15, -0.1) is 0 Å². The summed E-state index contributed by atoms with van der Waals surface area (Å²) in [6, 6.07) is 7.76. The van der Waals surface area contributed by atoms with Gasteiger partial charge in [-0.3, -0.25) is 4.79 Å². The molecule has 1 aromatic heterocycles. The van der Waals surface area contributed by atoms with E-state index >= 15 is 0 Å². The second kappa shape index (κ2) is 5.31. The first-order chi connectivity index (χ1) is 10.0. The Morgan fingerprint density at radius 3 is 2.57 bits per heavy atom. The normalized spacial score (nSPS) is 22.5. The Bertz CT molecular complexity index is 686. The summed E-state index contributed by atoms with van der Waals surface area (Å²) in [6.07, 6.45) is 0.728. The molecule has 110 valence electrons. The van der Waals surface area contributed by atoms with Gasteiger partial charge in [0.25, 0.3) is 0 Å². The molecule has 0 saturated carbocycles. The molecule has 1 N–H and O–H groups in total. The van der Waals surface area contributed by atoms with Gasteiger partial charge in [0.05, 0.1) is 22.6 Å². The first-order valence-corrected chi connectivity index (χ1v) is 7.25. The molecular formula is C16H19N3O2. The number of anilines is 1. The molecule has 1 aliphatic heterocycles. The van der Waals surface area contributed by atoms with Gasteiger partial charge in [0.1, 0.15) is 0 Å². The zero-order valence-corrected chi connectivity index (χ0v) is 12.3. The van der Waals surface area contributed by atoms with Crippen LogP contribution in [0.25, 0.3) is 11.0 Å². The van der Waals surface area contributed by atoms with Gasteiger partial charge in [-0.25, -0.2) is 9.97 Å². The van der Waals surface area contributed by atoms with E-state index in [1.54, 1.807) is 0 Å². The van der Waals surface area contributed by atoms with Crippen molar-refractivity contribution >= 4 is 22.8 Å². The zero-order chi connectivity index (χ0) is 15.0. The van der Waals surface area contributed by atoms with Crippen LogP contribution in [-0.4, -0.2) is 34.1 Å². The lowest BCUT2D eigenvalue weighted by Gasteiger charge is -2.36. The SMILES string of the molecule is Cc1nc2ccccc2nc1N1CC(C)CC(C(=O)O)C1. The first-order valence-electron chi connectivity index (χ1n) is 7.25. The lowest BCUT2D eigenvalue weighted by molar-refractivity contribution is -0.142. The smallest absolute Gasteiger partial charge is 0.308 e. The van der Waals surface area contributed by atoms with Crippen LogP contribution in [-0.2, 0) is 4.79 Å². The zero-order valence-electron chi connectivity index (χ0n) is 12.3. The van der Waals surface area contributed by atoms with Gasteiger partial charge in [-0.2, -0.15) is 0 Å². The Hall–Kier alpha value is -2.17. The number of carbonyl (C=O) groups is 1. The molecule has 21 heavy (non-hydrogen) atoms. The van der Waals surface area contributed by atoms with Gasteiger partial charge in [-0.05, 0) is 31.4 Å². The van der Waals surface area contributed by atoms with Crippen LogP contribution in [0.2, 0.25) is 0 Å². The van der Waals surface area contributed by atoms with Crippen LogP contribution in [0.3, 0.4) is 0 Å². The van der Waals surface area contributed by atoms with Gasteiger partial charge in [0.2, 0.25) is 0 Å². The molecule has 2 unspecified atom stereocenters. The average Bonchev–Trinajstić information content (AvgIpc) is 2.45. The molecule has 0 bridgehead atoms. The van der Waals surface area contributed by atoms with Crippen LogP contribution >= 0.6 is 0 Å². The highest BCUT2D eigenvalue weighted by molar-refractivity contribution is 5.77. The standard InChI is InChI=1S/C16H19N3O2/c1-10-7-12(16(20)21)9-19(8-10)15-11(2)17-13-5-3-4-6-14(13)18-15/h3-6,10,12H,7-9H2,1-2H3,(H,20,21). The van der Waals surface area contributed by atoms with E-state index < -0.39 is 5.97 Å². The number of rotatable bonds is 2. The van der Waals surface area contributed by atoms with Gasteiger partial charge in [0.15, 0.2) is 5.82 Å². The summed E-state index contributed by atoms with van der Waals surface area (Å²) in [5.41, 5.74) is 2.58. The fourth-order valence-corrected chi connectivity index (χ4v) is 3.08. The number of aryl methyl sites for hydroxylation is 1. The Morgan fingerprint density at radius 2 is 1.90 bits per heavy atom. The van der Waals surface area contributed by atoms with Crippen LogP contribution in [0.1, 0.15) is 19.0 Å². The molecule has 0 spiro atoms. The minimum absolute atomic E-state index is 0.332. The van der Waals surface area contributed by atoms with Crippen molar-refractivity contribution in [3.8, 4) is 0 Å². The van der Waals surface area contributed by atoms with Crippen LogP contribution in [0, 0.1) is 18.8 Å². The Labute approximate surface area is 123 Å². The molecule has 5 nitrogen and oxygen atoms in total. The summed E-state index contributed by atoms with van der Waals surface area (Å²) in [4.78, 5) is 22.7. The van der Waals surface area contributed by atoms with Crippen molar-refractivity contribution < 1.29 is 9.90 Å². The molecule has 3 rings (SSSR count). The first kappa shape index (κ1) is 13.8. The van der Waals surface area contributed by atoms with E-state index in [1.165, 1.54) is 0 Å². The van der Waals surface area contributed by atoms with Crippen LogP contribution in [0.15, 0.2) is 24.3 Å². The third-order valence-electron chi connectivity index (χ3n) is 4.03. The molecule has 1 aromatic carbocycles. The average molecular weight is 285 g/mol. The molecule has 2 atom stereocenters. The summed E-state index contributed by atoms with van der Waals surface area (Å²) in [7, 11) is 0. The number of carboxylic acid groups (broad SMARTS) is 1. The van der Waals surface area contributed by atoms with Crippen LogP contribution < -0.4 is 4.90 Å². The number of benzene rings is 1. The highest BCUT2D eigenvalue weighted by atomic mass is 16.4. The van der Waals surface area contributed by atoms with E-state index in [0.717, 1.165) is 35.5 Å². The number of fused-ring (bicyclic) bond motifs is 1. The van der Waals surface area contributed by atoms with Gasteiger partial charge in [0, 0.05) is 13.1 Å². The van der Waals surface area contributed by atoms with E-state index in [2.05, 4.69) is 16.8 Å². The molecule has 0 radical (unpaired) electrons. The van der Waals surface area contributed by atoms with Crippen molar-refractivity contribution in [2.45, 2.75) is 20.3 Å². The second-order valence-corrected chi connectivity index (χ2v) is 5.90. The third-order valence-corrected chi connectivity index (χ3v) is 4.03. The number of carboxylic acids is 1. The minimum atomic E-state index is -0.724. The summed E-state index contributed by atoms with van der Waals surface area (Å²) in [5.74, 6) is 0.0957. The molecule has 1 saturated heterocycles. The molecule has 0 amide bonds. The van der Waals surface area contributed by atoms with Crippen LogP contribution in [0.4, 0.5) is 5.82 Å². The number of aliphatic carboxylic acids is 1. The second-order valence-electron chi connectivity index (χ2n) is 5.90.